The van der Waals surface area contributed by atoms with Crippen molar-refractivity contribution >= 4 is 41.5 Å². The average molecular weight is 487 g/mol. The molecule has 0 fully saturated rings. The van der Waals surface area contributed by atoms with E-state index in [1.54, 1.807) is 19.2 Å². The summed E-state index contributed by atoms with van der Waals surface area (Å²) in [6, 6.07) is 9.38. The Bertz CT molecular complexity index is 876. The third-order valence-electron chi connectivity index (χ3n) is 3.53. The number of halogens is 2. The summed E-state index contributed by atoms with van der Waals surface area (Å²) in [6.07, 6.45) is 4.05. The summed E-state index contributed by atoms with van der Waals surface area (Å²) in [4.78, 5) is 8.55. The zero-order valence-corrected chi connectivity index (χ0v) is 17.5. The van der Waals surface area contributed by atoms with E-state index < -0.39 is 0 Å². The summed E-state index contributed by atoms with van der Waals surface area (Å²) in [5.41, 5.74) is 1.99. The SMILES string of the molecule is CN=C(NCc1ccn(C)c1)NCc1nc(-c2cccc(Cl)c2)no1.I. The molecule has 2 aromatic heterocycles. The highest BCUT2D eigenvalue weighted by atomic mass is 127. The van der Waals surface area contributed by atoms with Crippen LogP contribution in [0, 0.1) is 0 Å². The predicted octanol–water partition coefficient (Wildman–Crippen LogP) is 3.21. The standard InChI is InChI=1S/C17H19ClN6O.HI/c1-19-17(20-9-12-6-7-24(2)11-12)21-10-15-22-16(23-25-15)13-4-3-5-14(18)8-13;/h3-8,11H,9-10H2,1-2H3,(H2,19,20,21);1H. The molecule has 0 saturated heterocycles. The van der Waals surface area contributed by atoms with Crippen molar-refractivity contribution in [3.63, 3.8) is 0 Å². The summed E-state index contributed by atoms with van der Waals surface area (Å²) < 4.78 is 7.27. The molecule has 26 heavy (non-hydrogen) atoms. The molecule has 0 unspecified atom stereocenters. The molecule has 0 aliphatic carbocycles. The number of aromatic nitrogens is 3. The lowest BCUT2D eigenvalue weighted by Gasteiger charge is -2.09. The van der Waals surface area contributed by atoms with Gasteiger partial charge < -0.3 is 19.7 Å². The minimum Gasteiger partial charge on any atom is -0.357 e. The van der Waals surface area contributed by atoms with Gasteiger partial charge in [-0.15, -0.1) is 24.0 Å². The molecule has 2 N–H and O–H groups in total. The van der Waals surface area contributed by atoms with E-state index in [1.807, 2.05) is 29.9 Å². The predicted molar refractivity (Wildman–Crippen MR) is 113 cm³/mol. The van der Waals surface area contributed by atoms with Gasteiger partial charge in [-0.3, -0.25) is 4.99 Å². The molecule has 2 heterocycles. The maximum atomic E-state index is 5.99. The van der Waals surface area contributed by atoms with Gasteiger partial charge in [0.05, 0.1) is 6.54 Å². The van der Waals surface area contributed by atoms with Crippen LogP contribution in [0.2, 0.25) is 5.02 Å². The fourth-order valence-corrected chi connectivity index (χ4v) is 2.49. The average Bonchev–Trinajstić information content (AvgIpc) is 3.24. The Hall–Kier alpha value is -2.07. The highest BCUT2D eigenvalue weighted by Gasteiger charge is 2.09. The van der Waals surface area contributed by atoms with Crippen molar-refractivity contribution in [2.45, 2.75) is 13.1 Å². The van der Waals surface area contributed by atoms with Crippen molar-refractivity contribution in [3.05, 3.63) is 59.2 Å². The largest absolute Gasteiger partial charge is 0.357 e. The van der Waals surface area contributed by atoms with Crippen molar-refractivity contribution in [1.29, 1.82) is 0 Å². The smallest absolute Gasteiger partial charge is 0.246 e. The van der Waals surface area contributed by atoms with Crippen molar-refractivity contribution in [1.82, 2.24) is 25.3 Å². The van der Waals surface area contributed by atoms with Crippen LogP contribution < -0.4 is 10.6 Å². The zero-order valence-electron chi connectivity index (χ0n) is 14.4. The van der Waals surface area contributed by atoms with Crippen LogP contribution in [0.15, 0.2) is 52.2 Å². The number of hydrogen-bond donors (Lipinski definition) is 2. The van der Waals surface area contributed by atoms with Crippen LogP contribution in [0.25, 0.3) is 11.4 Å². The fraction of sp³-hybridized carbons (Fsp3) is 0.235. The van der Waals surface area contributed by atoms with Gasteiger partial charge >= 0.3 is 0 Å². The molecule has 7 nitrogen and oxygen atoms in total. The number of nitrogens with one attached hydrogen (secondary N) is 2. The number of aryl methyl sites for hydroxylation is 1. The number of aliphatic imine (C=N–C) groups is 1. The van der Waals surface area contributed by atoms with Crippen LogP contribution in [0.5, 0.6) is 0 Å². The number of benzene rings is 1. The Balaban J connectivity index is 0.00000243. The minimum absolute atomic E-state index is 0. The van der Waals surface area contributed by atoms with Crippen LogP contribution in [0.1, 0.15) is 11.5 Å². The zero-order chi connectivity index (χ0) is 17.6. The Morgan fingerprint density at radius 1 is 1.27 bits per heavy atom. The summed E-state index contributed by atoms with van der Waals surface area (Å²) >= 11 is 5.99. The summed E-state index contributed by atoms with van der Waals surface area (Å²) in [5.74, 6) is 1.63. The van der Waals surface area contributed by atoms with Gasteiger partial charge in [0, 0.05) is 43.6 Å². The van der Waals surface area contributed by atoms with Crippen molar-refractivity contribution in [3.8, 4) is 11.4 Å². The van der Waals surface area contributed by atoms with Crippen LogP contribution >= 0.6 is 35.6 Å². The second-order valence-electron chi connectivity index (χ2n) is 5.49. The molecule has 0 amide bonds. The van der Waals surface area contributed by atoms with Crippen molar-refractivity contribution < 1.29 is 4.52 Å². The maximum Gasteiger partial charge on any atom is 0.246 e. The maximum absolute atomic E-state index is 5.99. The molecule has 1 aromatic carbocycles. The molecule has 9 heteroatoms. The van der Waals surface area contributed by atoms with Crippen molar-refractivity contribution in [2.75, 3.05) is 7.05 Å². The van der Waals surface area contributed by atoms with E-state index in [-0.39, 0.29) is 24.0 Å². The van der Waals surface area contributed by atoms with E-state index in [4.69, 9.17) is 16.1 Å². The summed E-state index contributed by atoms with van der Waals surface area (Å²) in [5, 5.41) is 11.0. The third kappa shape index (κ3) is 5.46. The molecular weight excluding hydrogens is 467 g/mol. The lowest BCUT2D eigenvalue weighted by molar-refractivity contribution is 0.375. The normalized spacial score (nSPS) is 11.1. The molecule has 0 radical (unpaired) electrons. The van der Waals surface area contributed by atoms with Gasteiger partial charge in [-0.25, -0.2) is 0 Å². The van der Waals surface area contributed by atoms with Crippen LogP contribution in [-0.2, 0) is 20.1 Å². The molecule has 0 bridgehead atoms. The van der Waals surface area contributed by atoms with Crippen LogP contribution in [0.3, 0.4) is 0 Å². The van der Waals surface area contributed by atoms with Gasteiger partial charge in [0.1, 0.15) is 0 Å². The van der Waals surface area contributed by atoms with E-state index in [9.17, 15) is 0 Å². The van der Waals surface area contributed by atoms with E-state index >= 15 is 0 Å². The molecule has 0 aliphatic heterocycles. The molecule has 0 aliphatic rings. The van der Waals surface area contributed by atoms with Gasteiger partial charge in [-0.1, -0.05) is 28.9 Å². The van der Waals surface area contributed by atoms with Gasteiger partial charge in [-0.2, -0.15) is 4.98 Å². The van der Waals surface area contributed by atoms with E-state index in [0.717, 1.165) is 5.56 Å². The first kappa shape index (κ1) is 20.2. The number of nitrogens with zero attached hydrogens (tertiary/aromatic N) is 4. The molecule has 0 spiro atoms. The van der Waals surface area contributed by atoms with E-state index in [1.165, 1.54) is 5.56 Å². The molecule has 3 aromatic rings. The van der Waals surface area contributed by atoms with Crippen molar-refractivity contribution in [2.24, 2.45) is 12.0 Å². The van der Waals surface area contributed by atoms with Gasteiger partial charge in [0.2, 0.25) is 11.7 Å². The van der Waals surface area contributed by atoms with Gasteiger partial charge in [0.25, 0.3) is 0 Å². The second kappa shape index (κ2) is 9.58. The first-order valence-electron chi connectivity index (χ1n) is 7.78. The topological polar surface area (TPSA) is 80.3 Å². The lowest BCUT2D eigenvalue weighted by Crippen LogP contribution is -2.36. The monoisotopic (exact) mass is 486 g/mol. The Morgan fingerprint density at radius 3 is 2.77 bits per heavy atom. The number of rotatable bonds is 5. The Labute approximate surface area is 173 Å². The second-order valence-corrected chi connectivity index (χ2v) is 5.92. The molecule has 0 atom stereocenters. The summed E-state index contributed by atoms with van der Waals surface area (Å²) in [6.45, 7) is 1.06. The van der Waals surface area contributed by atoms with E-state index in [0.29, 0.717) is 35.8 Å². The Kier molecular flexibility index (Phi) is 7.46. The quantitative estimate of drug-likeness (QED) is 0.329. The van der Waals surface area contributed by atoms with Crippen LogP contribution in [0.4, 0.5) is 0 Å². The van der Waals surface area contributed by atoms with E-state index in [2.05, 4.69) is 38.0 Å². The van der Waals surface area contributed by atoms with Crippen LogP contribution in [-0.4, -0.2) is 27.7 Å². The Morgan fingerprint density at radius 2 is 2.08 bits per heavy atom. The number of guanidine groups is 1. The molecule has 3 rings (SSSR count). The molecular formula is C17H20ClIN6O. The van der Waals surface area contributed by atoms with Gasteiger partial charge in [-0.05, 0) is 23.8 Å². The third-order valence-corrected chi connectivity index (χ3v) is 3.77. The number of hydrogen-bond acceptors (Lipinski definition) is 4. The minimum atomic E-state index is 0. The highest BCUT2D eigenvalue weighted by molar-refractivity contribution is 14.0. The molecule has 0 saturated carbocycles. The first-order valence-corrected chi connectivity index (χ1v) is 8.16. The fourth-order valence-electron chi connectivity index (χ4n) is 2.30. The van der Waals surface area contributed by atoms with Gasteiger partial charge in [0.15, 0.2) is 5.96 Å². The first-order chi connectivity index (χ1) is 12.1. The highest BCUT2D eigenvalue weighted by Crippen LogP contribution is 2.19. The molecule has 138 valence electrons. The lowest BCUT2D eigenvalue weighted by atomic mass is 10.2. The summed E-state index contributed by atoms with van der Waals surface area (Å²) in [7, 11) is 3.70.